The first-order chi connectivity index (χ1) is 9.39. The number of carboxylic acid groups (broad SMARTS) is 1. The fraction of sp³-hybridized carbons (Fsp3) is 0.750. The van der Waals surface area contributed by atoms with Crippen molar-refractivity contribution in [2.75, 3.05) is 0 Å². The average molecular weight is 279 g/mol. The molecule has 112 valence electrons. The van der Waals surface area contributed by atoms with Crippen molar-refractivity contribution in [3.63, 3.8) is 0 Å². The third kappa shape index (κ3) is 3.62. The third-order valence-corrected chi connectivity index (χ3v) is 4.64. The predicted molar refractivity (Wildman–Crippen MR) is 77.2 cm³/mol. The molecule has 3 unspecified atom stereocenters. The lowest BCUT2D eigenvalue weighted by atomic mass is 9.74. The maximum atomic E-state index is 12.4. The van der Waals surface area contributed by atoms with E-state index in [1.54, 1.807) is 0 Å². The summed E-state index contributed by atoms with van der Waals surface area (Å²) in [5, 5.41) is 12.3. The molecule has 4 heteroatoms. The van der Waals surface area contributed by atoms with E-state index in [1.807, 2.05) is 12.2 Å². The Morgan fingerprint density at radius 1 is 1.20 bits per heavy atom. The van der Waals surface area contributed by atoms with Crippen LogP contribution in [0.4, 0.5) is 0 Å². The molecular formula is C16H25NO3. The zero-order valence-electron chi connectivity index (χ0n) is 12.4. The number of hydrogen-bond donors (Lipinski definition) is 2. The zero-order chi connectivity index (χ0) is 14.8. The fourth-order valence-corrected chi connectivity index (χ4v) is 3.51. The number of aliphatic carboxylic acids is 1. The number of rotatable bonds is 3. The minimum absolute atomic E-state index is 0.0792. The Balaban J connectivity index is 1.97. The largest absolute Gasteiger partial charge is 0.481 e. The van der Waals surface area contributed by atoms with E-state index in [-0.39, 0.29) is 17.4 Å². The van der Waals surface area contributed by atoms with Gasteiger partial charge in [-0.2, -0.15) is 0 Å². The highest BCUT2D eigenvalue weighted by atomic mass is 16.4. The molecule has 2 aliphatic carbocycles. The Morgan fingerprint density at radius 3 is 2.45 bits per heavy atom. The van der Waals surface area contributed by atoms with Crippen molar-refractivity contribution in [2.24, 2.45) is 17.3 Å². The van der Waals surface area contributed by atoms with Gasteiger partial charge in [-0.15, -0.1) is 0 Å². The average Bonchev–Trinajstić information content (AvgIpc) is 2.37. The number of nitrogens with one attached hydrogen (secondary N) is 1. The molecule has 1 fully saturated rings. The zero-order valence-corrected chi connectivity index (χ0v) is 12.4. The van der Waals surface area contributed by atoms with Crippen LogP contribution in [0.25, 0.3) is 0 Å². The molecule has 0 spiro atoms. The molecule has 0 aliphatic heterocycles. The maximum Gasteiger partial charge on any atom is 0.307 e. The smallest absolute Gasteiger partial charge is 0.307 e. The van der Waals surface area contributed by atoms with Crippen LogP contribution in [0.2, 0.25) is 0 Å². The molecule has 0 heterocycles. The van der Waals surface area contributed by atoms with Gasteiger partial charge in [-0.05, 0) is 37.5 Å². The van der Waals surface area contributed by atoms with Crippen LogP contribution in [0.1, 0.15) is 52.4 Å². The van der Waals surface area contributed by atoms with Gasteiger partial charge in [0, 0.05) is 6.04 Å². The number of hydrogen-bond acceptors (Lipinski definition) is 2. The van der Waals surface area contributed by atoms with E-state index in [0.717, 1.165) is 19.3 Å². The molecule has 2 rings (SSSR count). The number of carboxylic acids is 1. The highest BCUT2D eigenvalue weighted by molar-refractivity contribution is 5.85. The summed E-state index contributed by atoms with van der Waals surface area (Å²) in [5.74, 6) is -1.93. The fourth-order valence-electron chi connectivity index (χ4n) is 3.51. The van der Waals surface area contributed by atoms with Crippen molar-refractivity contribution in [3.8, 4) is 0 Å². The second kappa shape index (κ2) is 5.98. The molecular weight excluding hydrogens is 254 g/mol. The molecule has 2 aliphatic rings. The van der Waals surface area contributed by atoms with E-state index < -0.39 is 17.8 Å². The topological polar surface area (TPSA) is 66.4 Å². The Morgan fingerprint density at radius 2 is 1.85 bits per heavy atom. The lowest BCUT2D eigenvalue weighted by molar-refractivity contribution is -0.147. The van der Waals surface area contributed by atoms with Gasteiger partial charge in [0.2, 0.25) is 5.91 Å². The Labute approximate surface area is 120 Å². The standard InChI is InChI=1S/C16H25NO3/c1-16(2)9-5-6-11(10-16)17-14(18)12-7-3-4-8-13(12)15(19)20/h3-4,11-13H,5-10H2,1-2H3,(H,17,18)(H,19,20). The molecule has 4 nitrogen and oxygen atoms in total. The molecule has 0 aromatic rings. The van der Waals surface area contributed by atoms with Crippen molar-refractivity contribution >= 4 is 11.9 Å². The quantitative estimate of drug-likeness (QED) is 0.781. The molecule has 1 saturated carbocycles. The predicted octanol–water partition coefficient (Wildman–Crippen LogP) is 2.74. The molecule has 0 saturated heterocycles. The number of amides is 1. The Bertz CT molecular complexity index is 414. The van der Waals surface area contributed by atoms with E-state index in [1.165, 1.54) is 6.42 Å². The monoisotopic (exact) mass is 279 g/mol. The van der Waals surface area contributed by atoms with Crippen molar-refractivity contribution in [1.82, 2.24) is 5.32 Å². The van der Waals surface area contributed by atoms with Crippen molar-refractivity contribution < 1.29 is 14.7 Å². The maximum absolute atomic E-state index is 12.4. The number of carbonyl (C=O) groups is 2. The van der Waals surface area contributed by atoms with Crippen LogP contribution in [0.15, 0.2) is 12.2 Å². The molecule has 0 radical (unpaired) electrons. The van der Waals surface area contributed by atoms with Crippen LogP contribution in [-0.2, 0) is 9.59 Å². The van der Waals surface area contributed by atoms with Gasteiger partial charge in [0.25, 0.3) is 0 Å². The van der Waals surface area contributed by atoms with Gasteiger partial charge in [0.05, 0.1) is 11.8 Å². The summed E-state index contributed by atoms with van der Waals surface area (Å²) < 4.78 is 0. The Hall–Kier alpha value is -1.32. The summed E-state index contributed by atoms with van der Waals surface area (Å²) >= 11 is 0. The Kier molecular flexibility index (Phi) is 4.51. The van der Waals surface area contributed by atoms with E-state index in [2.05, 4.69) is 19.2 Å². The van der Waals surface area contributed by atoms with Gasteiger partial charge >= 0.3 is 5.97 Å². The van der Waals surface area contributed by atoms with E-state index in [4.69, 9.17) is 0 Å². The summed E-state index contributed by atoms with van der Waals surface area (Å²) in [4.78, 5) is 23.6. The summed E-state index contributed by atoms with van der Waals surface area (Å²) in [6.07, 6.45) is 9.12. The SMILES string of the molecule is CC1(C)CCCC(NC(=O)C2CC=CCC2C(=O)O)C1. The van der Waals surface area contributed by atoms with Crippen molar-refractivity contribution in [3.05, 3.63) is 12.2 Å². The molecule has 2 N–H and O–H groups in total. The van der Waals surface area contributed by atoms with Gasteiger partial charge in [-0.25, -0.2) is 0 Å². The second-order valence-electron chi connectivity index (χ2n) is 6.96. The van der Waals surface area contributed by atoms with E-state index in [9.17, 15) is 14.7 Å². The van der Waals surface area contributed by atoms with Gasteiger partial charge in [-0.1, -0.05) is 32.4 Å². The van der Waals surface area contributed by atoms with Gasteiger partial charge in [0.15, 0.2) is 0 Å². The first-order valence-corrected chi connectivity index (χ1v) is 7.57. The lowest BCUT2D eigenvalue weighted by Gasteiger charge is -2.36. The molecule has 0 aromatic heterocycles. The molecule has 20 heavy (non-hydrogen) atoms. The van der Waals surface area contributed by atoms with E-state index in [0.29, 0.717) is 12.8 Å². The first-order valence-electron chi connectivity index (χ1n) is 7.57. The molecule has 1 amide bonds. The minimum atomic E-state index is -0.863. The first kappa shape index (κ1) is 15.1. The van der Waals surface area contributed by atoms with Crippen LogP contribution in [0.3, 0.4) is 0 Å². The minimum Gasteiger partial charge on any atom is -0.481 e. The van der Waals surface area contributed by atoms with Gasteiger partial charge < -0.3 is 10.4 Å². The third-order valence-electron chi connectivity index (χ3n) is 4.64. The molecule has 0 aromatic carbocycles. The number of allylic oxidation sites excluding steroid dienone is 2. The van der Waals surface area contributed by atoms with Crippen LogP contribution < -0.4 is 5.32 Å². The van der Waals surface area contributed by atoms with Crippen LogP contribution >= 0.6 is 0 Å². The second-order valence-corrected chi connectivity index (χ2v) is 6.96. The lowest BCUT2D eigenvalue weighted by Crippen LogP contribution is -2.46. The highest BCUT2D eigenvalue weighted by Gasteiger charge is 2.36. The van der Waals surface area contributed by atoms with E-state index >= 15 is 0 Å². The summed E-state index contributed by atoms with van der Waals surface area (Å²) in [5.41, 5.74) is 0.273. The summed E-state index contributed by atoms with van der Waals surface area (Å²) in [6.45, 7) is 4.46. The van der Waals surface area contributed by atoms with Crippen LogP contribution in [-0.4, -0.2) is 23.0 Å². The van der Waals surface area contributed by atoms with Gasteiger partial charge in [0.1, 0.15) is 0 Å². The summed E-state index contributed by atoms with van der Waals surface area (Å²) in [6, 6.07) is 0.201. The molecule has 0 bridgehead atoms. The normalized spacial score (nSPS) is 32.6. The summed E-state index contributed by atoms with van der Waals surface area (Å²) in [7, 11) is 0. The van der Waals surface area contributed by atoms with Crippen molar-refractivity contribution in [2.45, 2.75) is 58.4 Å². The van der Waals surface area contributed by atoms with Crippen LogP contribution in [0, 0.1) is 17.3 Å². The number of carbonyl (C=O) groups excluding carboxylic acids is 1. The van der Waals surface area contributed by atoms with Crippen LogP contribution in [0.5, 0.6) is 0 Å². The molecule has 3 atom stereocenters. The van der Waals surface area contributed by atoms with Gasteiger partial charge in [-0.3, -0.25) is 9.59 Å². The van der Waals surface area contributed by atoms with Crippen molar-refractivity contribution in [1.29, 1.82) is 0 Å². The highest BCUT2D eigenvalue weighted by Crippen LogP contribution is 2.35.